The van der Waals surface area contributed by atoms with Gasteiger partial charge < -0.3 is 0 Å². The molecule has 2 saturated heterocycles. The Labute approximate surface area is 159 Å². The summed E-state index contributed by atoms with van der Waals surface area (Å²) in [6.07, 6.45) is -1.06. The van der Waals surface area contributed by atoms with Gasteiger partial charge in [0.2, 0.25) is 0 Å². The van der Waals surface area contributed by atoms with E-state index in [2.05, 4.69) is 10.00 Å². The van der Waals surface area contributed by atoms with E-state index >= 15 is 0 Å². The first kappa shape index (κ1) is 18.2. The second-order valence-electron chi connectivity index (χ2n) is 9.42. The summed E-state index contributed by atoms with van der Waals surface area (Å²) >= 11 is 0. The van der Waals surface area contributed by atoms with Crippen LogP contribution in [0.25, 0.3) is 0 Å². The molecule has 4 fully saturated rings. The lowest BCUT2D eigenvalue weighted by molar-refractivity contribution is -0.141. The van der Waals surface area contributed by atoms with Crippen LogP contribution in [0.5, 0.6) is 0 Å². The van der Waals surface area contributed by atoms with E-state index in [-0.39, 0.29) is 12.0 Å². The Kier molecular flexibility index (Phi) is 3.91. The summed E-state index contributed by atoms with van der Waals surface area (Å²) in [5.41, 5.74) is 0.319. The van der Waals surface area contributed by atoms with Crippen LogP contribution in [0.3, 0.4) is 0 Å². The van der Waals surface area contributed by atoms with Crippen molar-refractivity contribution < 1.29 is 17.4 Å². The minimum Gasteiger partial charge on any atom is -0.300 e. The summed E-state index contributed by atoms with van der Waals surface area (Å²) in [7, 11) is -0.607. The van der Waals surface area contributed by atoms with Gasteiger partial charge in [-0.15, -0.1) is 0 Å². The van der Waals surface area contributed by atoms with Crippen molar-refractivity contribution in [2.45, 2.75) is 57.3 Å². The van der Waals surface area contributed by atoms with E-state index in [0.717, 1.165) is 49.6 Å². The fraction of sp³-hybridized carbons (Fsp3) is 0.842. The third-order valence-electron chi connectivity index (χ3n) is 7.22. The summed E-state index contributed by atoms with van der Waals surface area (Å²) in [6.45, 7) is 5.94. The first-order valence-electron chi connectivity index (χ1n) is 9.92. The van der Waals surface area contributed by atoms with Gasteiger partial charge in [-0.1, -0.05) is 0 Å². The Morgan fingerprint density at radius 3 is 2.48 bits per heavy atom. The Balaban J connectivity index is 1.27. The molecule has 1 aromatic heterocycles. The van der Waals surface area contributed by atoms with Crippen molar-refractivity contribution in [2.24, 2.45) is 17.3 Å². The Hall–Kier alpha value is -0.890. The molecule has 4 nitrogen and oxygen atoms in total. The van der Waals surface area contributed by atoms with Gasteiger partial charge in [-0.25, -0.2) is 0 Å². The minimum absolute atomic E-state index is 0.0637. The highest BCUT2D eigenvalue weighted by molar-refractivity contribution is 7.86. The monoisotopic (exact) mass is 401 g/mol. The lowest BCUT2D eigenvalue weighted by Crippen LogP contribution is -2.47. The standard InChI is InChI=1S/C19H26F3N3OS/c1-11(2)25-15(7-16(23-25)19(20,21)22)17-13-5-12(6-14(13)17)24-4-3-18(8-24)9-27(26)10-18/h7,11-14,17H,3-6,8-10H2,1-2H3/t12?,13-,14?,17?,18?,27?/m0/s1. The van der Waals surface area contributed by atoms with Crippen molar-refractivity contribution in [2.75, 3.05) is 24.6 Å². The van der Waals surface area contributed by atoms with Gasteiger partial charge in [0.15, 0.2) is 5.69 Å². The number of hydrogen-bond acceptors (Lipinski definition) is 3. The molecule has 3 heterocycles. The smallest absolute Gasteiger partial charge is 0.300 e. The highest BCUT2D eigenvalue weighted by atomic mass is 32.2. The average Bonchev–Trinajstić information content (AvgIpc) is 3.01. The van der Waals surface area contributed by atoms with E-state index in [1.54, 1.807) is 4.68 Å². The molecule has 4 aliphatic rings. The maximum absolute atomic E-state index is 13.1. The summed E-state index contributed by atoms with van der Waals surface area (Å²) in [5, 5.41) is 3.86. The molecule has 0 N–H and O–H groups in total. The van der Waals surface area contributed by atoms with Crippen LogP contribution in [0, 0.1) is 17.3 Å². The molecule has 8 heteroatoms. The Bertz CT molecular complexity index is 770. The number of fused-ring (bicyclic) bond motifs is 1. The van der Waals surface area contributed by atoms with Crippen molar-refractivity contribution in [1.82, 2.24) is 14.7 Å². The first-order valence-corrected chi connectivity index (χ1v) is 11.4. The maximum atomic E-state index is 13.1. The van der Waals surface area contributed by atoms with Crippen molar-refractivity contribution >= 4 is 10.8 Å². The van der Waals surface area contributed by atoms with Crippen LogP contribution >= 0.6 is 0 Å². The molecule has 3 unspecified atom stereocenters. The summed E-state index contributed by atoms with van der Waals surface area (Å²) in [6, 6.07) is 1.78. The van der Waals surface area contributed by atoms with Crippen molar-refractivity contribution in [3.05, 3.63) is 17.5 Å². The zero-order valence-electron chi connectivity index (χ0n) is 15.7. The van der Waals surface area contributed by atoms with Crippen LogP contribution < -0.4 is 0 Å². The summed E-state index contributed by atoms with van der Waals surface area (Å²) in [4.78, 5) is 2.57. The molecule has 1 aromatic rings. The number of alkyl halides is 3. The second kappa shape index (κ2) is 5.81. The lowest BCUT2D eigenvalue weighted by Gasteiger charge is -2.38. The first-order chi connectivity index (χ1) is 12.7. The highest BCUT2D eigenvalue weighted by Crippen LogP contribution is 2.64. The zero-order chi connectivity index (χ0) is 19.1. The molecule has 2 aliphatic carbocycles. The Morgan fingerprint density at radius 2 is 1.93 bits per heavy atom. The van der Waals surface area contributed by atoms with E-state index in [1.807, 2.05) is 13.8 Å². The molecule has 2 saturated carbocycles. The number of halogens is 3. The molecule has 0 amide bonds. The lowest BCUT2D eigenvalue weighted by atomic mass is 9.91. The van der Waals surface area contributed by atoms with Crippen molar-refractivity contribution in [3.8, 4) is 0 Å². The molecule has 4 atom stereocenters. The number of likely N-dealkylation sites (tertiary alicyclic amines) is 1. The van der Waals surface area contributed by atoms with Gasteiger partial charge in [-0.2, -0.15) is 18.3 Å². The van der Waals surface area contributed by atoms with Gasteiger partial charge in [-0.05, 0) is 57.6 Å². The third kappa shape index (κ3) is 2.89. The normalized spacial score (nSPS) is 41.3. The van der Waals surface area contributed by atoms with E-state index < -0.39 is 22.7 Å². The molecule has 0 radical (unpaired) electrons. The van der Waals surface area contributed by atoms with E-state index in [0.29, 0.717) is 23.3 Å². The molecule has 150 valence electrons. The topological polar surface area (TPSA) is 38.1 Å². The molecule has 5 rings (SSSR count). The van der Waals surface area contributed by atoms with Gasteiger partial charge in [-0.3, -0.25) is 13.8 Å². The van der Waals surface area contributed by atoms with Crippen molar-refractivity contribution in [3.63, 3.8) is 0 Å². The SMILES string of the molecule is CC(C)n1nc(C(F)(F)F)cc1C1C2CC(N3CCC4(C3)CS(=O)C4)C[C@@H]21. The van der Waals surface area contributed by atoms with Gasteiger partial charge >= 0.3 is 6.18 Å². The van der Waals surface area contributed by atoms with Gasteiger partial charge in [0.1, 0.15) is 0 Å². The minimum atomic E-state index is -4.38. The third-order valence-corrected chi connectivity index (χ3v) is 9.09. The van der Waals surface area contributed by atoms with E-state index in [4.69, 9.17) is 0 Å². The second-order valence-corrected chi connectivity index (χ2v) is 10.9. The zero-order valence-corrected chi connectivity index (χ0v) is 16.5. The van der Waals surface area contributed by atoms with Crippen LogP contribution in [-0.4, -0.2) is 49.5 Å². The maximum Gasteiger partial charge on any atom is 0.435 e. The van der Waals surface area contributed by atoms with Crippen LogP contribution in [-0.2, 0) is 17.0 Å². The largest absolute Gasteiger partial charge is 0.435 e. The molecular weight excluding hydrogens is 375 g/mol. The summed E-state index contributed by atoms with van der Waals surface area (Å²) in [5.74, 6) is 2.95. The predicted molar refractivity (Wildman–Crippen MR) is 96.9 cm³/mol. The predicted octanol–water partition coefficient (Wildman–Crippen LogP) is 3.43. The quantitative estimate of drug-likeness (QED) is 0.779. The van der Waals surface area contributed by atoms with Gasteiger partial charge in [0, 0.05) is 58.0 Å². The molecule has 2 aliphatic heterocycles. The van der Waals surface area contributed by atoms with Crippen LogP contribution in [0.4, 0.5) is 13.2 Å². The van der Waals surface area contributed by atoms with Crippen molar-refractivity contribution in [1.29, 1.82) is 0 Å². The fourth-order valence-electron chi connectivity index (χ4n) is 5.92. The summed E-state index contributed by atoms with van der Waals surface area (Å²) < 4.78 is 52.5. The van der Waals surface area contributed by atoms with Gasteiger partial charge in [0.05, 0.1) is 0 Å². The van der Waals surface area contributed by atoms with E-state index in [9.17, 15) is 17.4 Å². The number of nitrogens with zero attached hydrogens (tertiary/aromatic N) is 3. The average molecular weight is 401 g/mol. The Morgan fingerprint density at radius 1 is 1.26 bits per heavy atom. The molecule has 0 aromatic carbocycles. The number of aromatic nitrogens is 2. The molecule has 1 spiro atoms. The molecule has 0 bridgehead atoms. The van der Waals surface area contributed by atoms with Crippen LogP contribution in [0.2, 0.25) is 0 Å². The number of hydrogen-bond donors (Lipinski definition) is 0. The highest BCUT2D eigenvalue weighted by Gasteiger charge is 2.60. The van der Waals surface area contributed by atoms with E-state index in [1.165, 1.54) is 6.07 Å². The van der Waals surface area contributed by atoms with Crippen LogP contribution in [0.1, 0.15) is 56.5 Å². The number of rotatable bonds is 3. The van der Waals surface area contributed by atoms with Gasteiger partial charge in [0.25, 0.3) is 0 Å². The fourth-order valence-corrected chi connectivity index (χ4v) is 7.67. The molecular formula is C19H26F3N3OS. The molecule has 27 heavy (non-hydrogen) atoms. The van der Waals surface area contributed by atoms with Crippen LogP contribution in [0.15, 0.2) is 6.07 Å².